The van der Waals surface area contributed by atoms with Crippen molar-refractivity contribution in [1.82, 2.24) is 24.6 Å². The van der Waals surface area contributed by atoms with E-state index in [0.717, 1.165) is 6.33 Å². The van der Waals surface area contributed by atoms with E-state index in [1.54, 1.807) is 0 Å². The highest BCUT2D eigenvalue weighted by Gasteiger charge is 2.61. The number of phosphoric acid groups is 3. The number of aromatic nitrogens is 4. The topological polar surface area (TPSA) is 314 Å². The van der Waals surface area contributed by atoms with Crippen LogP contribution in [-0.4, -0.2) is 92.1 Å². The molecule has 3 aliphatic heterocycles. The average Bonchev–Trinajstić information content (AvgIpc) is 3.47. The lowest BCUT2D eigenvalue weighted by Crippen LogP contribution is -2.48. The number of phosphoric ester groups is 1. The standard InChI is InChI=1S/C20H26N6O16P3/c1-19(2)9-10(20(3,4)26(19)29)18(28)40-13-12(39-17(9)27)8(5-37-44(33,34)42-45(35,36)41-43(30,31)32)38-16(13)25-7-24-11-14(21)22-6-23-15(11)25/h6-8,12-13,16H,5H2,1-4H3,(H,33,34)(H,35,36)(H2,21,22,23)(H2,30,31,32)/t8-,12-,13-,16-/m1/s1. The van der Waals surface area contributed by atoms with Crippen LogP contribution in [0.25, 0.3) is 11.2 Å². The van der Waals surface area contributed by atoms with E-state index in [0.29, 0.717) is 5.06 Å². The lowest BCUT2D eigenvalue weighted by atomic mass is 9.90. The van der Waals surface area contributed by atoms with Crippen LogP contribution in [0.4, 0.5) is 5.82 Å². The molecule has 0 spiro atoms. The number of ether oxygens (including phenoxy) is 3. The predicted octanol–water partition coefficient (Wildman–Crippen LogP) is 0.00130. The lowest BCUT2D eigenvalue weighted by molar-refractivity contribution is -0.241. The smallest absolute Gasteiger partial charge is 0.452 e. The van der Waals surface area contributed by atoms with Crippen molar-refractivity contribution in [3.05, 3.63) is 23.8 Å². The molecule has 2 unspecified atom stereocenters. The number of nitrogens with zero attached hydrogens (tertiary/aromatic N) is 5. The minimum absolute atomic E-state index is 0.0288. The molecule has 45 heavy (non-hydrogen) atoms. The summed E-state index contributed by atoms with van der Waals surface area (Å²) in [6, 6.07) is 0. The van der Waals surface area contributed by atoms with Crippen LogP contribution < -0.4 is 5.73 Å². The number of anilines is 1. The van der Waals surface area contributed by atoms with E-state index in [9.17, 15) is 38.3 Å². The molecule has 5 rings (SSSR count). The van der Waals surface area contributed by atoms with Gasteiger partial charge < -0.3 is 39.5 Å². The molecule has 2 aromatic heterocycles. The molecule has 0 bridgehead atoms. The Morgan fingerprint density at radius 1 is 0.911 bits per heavy atom. The summed E-state index contributed by atoms with van der Waals surface area (Å²) in [6.07, 6.45) is -3.96. The first-order valence-electron chi connectivity index (χ1n) is 12.6. The third-order valence-corrected chi connectivity index (χ3v) is 11.0. The normalized spacial score (nSPS) is 29.3. The molecule has 6 atom stereocenters. The van der Waals surface area contributed by atoms with Crippen LogP contribution in [0, 0.1) is 0 Å². The predicted molar refractivity (Wildman–Crippen MR) is 141 cm³/mol. The van der Waals surface area contributed by atoms with Crippen molar-refractivity contribution >= 4 is 52.4 Å². The fraction of sp³-hybridized carbons (Fsp3) is 0.550. The molecule has 3 aliphatic rings. The molecule has 0 aliphatic carbocycles. The number of rotatable bonds is 8. The number of carbonyl (C=O) groups is 2. The van der Waals surface area contributed by atoms with Gasteiger partial charge in [-0.2, -0.15) is 8.62 Å². The van der Waals surface area contributed by atoms with Gasteiger partial charge in [-0.3, -0.25) is 9.09 Å². The van der Waals surface area contributed by atoms with Crippen molar-refractivity contribution in [2.75, 3.05) is 12.3 Å². The Morgan fingerprint density at radius 2 is 1.49 bits per heavy atom. The molecule has 22 nitrogen and oxygen atoms in total. The molecule has 1 saturated heterocycles. The first-order valence-corrected chi connectivity index (χ1v) is 17.1. The van der Waals surface area contributed by atoms with E-state index < -0.39 is 77.6 Å². The van der Waals surface area contributed by atoms with Crippen LogP contribution >= 0.6 is 23.5 Å². The number of fused-ring (bicyclic) bond motifs is 2. The highest BCUT2D eigenvalue weighted by molar-refractivity contribution is 7.66. The number of hydroxylamine groups is 2. The van der Waals surface area contributed by atoms with Crippen molar-refractivity contribution in [3.8, 4) is 0 Å². The summed E-state index contributed by atoms with van der Waals surface area (Å²) in [6.45, 7) is 4.52. The Balaban J connectivity index is 1.52. The maximum atomic E-state index is 13.7. The van der Waals surface area contributed by atoms with Crippen molar-refractivity contribution < 1.29 is 75.4 Å². The Labute approximate surface area is 252 Å². The van der Waals surface area contributed by atoms with Gasteiger partial charge in [0.25, 0.3) is 0 Å². The summed E-state index contributed by atoms with van der Waals surface area (Å²) in [4.78, 5) is 76.3. The van der Waals surface area contributed by atoms with E-state index in [2.05, 4.69) is 23.6 Å². The number of hydrogen-bond donors (Lipinski definition) is 5. The van der Waals surface area contributed by atoms with Gasteiger partial charge in [-0.25, -0.2) is 38.2 Å². The number of nitrogens with two attached hydrogens (primary N) is 1. The fourth-order valence-corrected chi connectivity index (χ4v) is 8.47. The maximum absolute atomic E-state index is 13.7. The average molecular weight is 699 g/mol. The quantitative estimate of drug-likeness (QED) is 0.179. The Kier molecular flexibility index (Phi) is 8.20. The molecule has 1 fully saturated rings. The molecule has 25 heteroatoms. The second kappa shape index (κ2) is 11.0. The van der Waals surface area contributed by atoms with Gasteiger partial charge in [0.1, 0.15) is 17.9 Å². The van der Waals surface area contributed by atoms with Crippen molar-refractivity contribution in [2.24, 2.45) is 0 Å². The molecule has 5 heterocycles. The summed E-state index contributed by atoms with van der Waals surface area (Å²) < 4.78 is 65.9. The third-order valence-electron chi connectivity index (χ3n) is 7.15. The Hall–Kier alpha value is -2.68. The van der Waals surface area contributed by atoms with E-state index in [-0.39, 0.29) is 28.1 Å². The number of esters is 2. The third kappa shape index (κ3) is 6.10. The van der Waals surface area contributed by atoms with Gasteiger partial charge in [0.15, 0.2) is 29.9 Å². The second-order valence-corrected chi connectivity index (χ2v) is 15.4. The summed E-state index contributed by atoms with van der Waals surface area (Å²) >= 11 is 0. The molecular weight excluding hydrogens is 673 g/mol. The summed E-state index contributed by atoms with van der Waals surface area (Å²) in [5, 5.41) is 13.7. The summed E-state index contributed by atoms with van der Waals surface area (Å²) in [7, 11) is -17.2. The van der Waals surface area contributed by atoms with Gasteiger partial charge in [-0.05, 0) is 27.7 Å². The summed E-state index contributed by atoms with van der Waals surface area (Å²) in [5.74, 6) is -2.23. The van der Waals surface area contributed by atoms with Gasteiger partial charge in [0.05, 0.1) is 35.2 Å². The molecule has 0 amide bonds. The zero-order valence-corrected chi connectivity index (χ0v) is 26.2. The molecule has 247 valence electrons. The van der Waals surface area contributed by atoms with Crippen LogP contribution in [-0.2, 0) is 55.8 Å². The van der Waals surface area contributed by atoms with Gasteiger partial charge in [0.2, 0.25) is 0 Å². The fourth-order valence-electron chi connectivity index (χ4n) is 5.44. The molecule has 0 aromatic carbocycles. The van der Waals surface area contributed by atoms with Crippen molar-refractivity contribution in [3.63, 3.8) is 0 Å². The largest absolute Gasteiger partial charge is 0.490 e. The number of hydrogen-bond acceptors (Lipinski definition) is 16. The number of imidazole rings is 1. The van der Waals surface area contributed by atoms with E-state index in [1.165, 1.54) is 38.6 Å². The number of nitrogen functional groups attached to an aromatic ring is 1. The van der Waals surface area contributed by atoms with Crippen LogP contribution in [0.5, 0.6) is 0 Å². The van der Waals surface area contributed by atoms with E-state index in [4.69, 9.17) is 34.3 Å². The van der Waals surface area contributed by atoms with Gasteiger partial charge >= 0.3 is 35.4 Å². The van der Waals surface area contributed by atoms with E-state index in [1.807, 2.05) is 0 Å². The highest BCUT2D eigenvalue weighted by Crippen LogP contribution is 2.66. The van der Waals surface area contributed by atoms with Gasteiger partial charge in [-0.1, -0.05) is 0 Å². The van der Waals surface area contributed by atoms with Crippen LogP contribution in [0.1, 0.15) is 33.9 Å². The Bertz CT molecular complexity index is 1750. The first-order chi connectivity index (χ1) is 20.6. The summed E-state index contributed by atoms with van der Waals surface area (Å²) in [5.41, 5.74) is 2.34. The monoisotopic (exact) mass is 699 g/mol. The van der Waals surface area contributed by atoms with Crippen LogP contribution in [0.2, 0.25) is 0 Å². The van der Waals surface area contributed by atoms with Crippen molar-refractivity contribution in [2.45, 2.75) is 63.3 Å². The lowest BCUT2D eigenvalue weighted by Gasteiger charge is -2.33. The maximum Gasteiger partial charge on any atom is 0.490 e. The Morgan fingerprint density at radius 3 is 2.07 bits per heavy atom. The first kappa shape index (κ1) is 33.7. The van der Waals surface area contributed by atoms with Crippen molar-refractivity contribution in [1.29, 1.82) is 0 Å². The van der Waals surface area contributed by atoms with Crippen LogP contribution in [0.15, 0.2) is 23.8 Å². The molecule has 2 aromatic rings. The molecule has 0 saturated carbocycles. The zero-order chi connectivity index (χ0) is 33.5. The molecule has 1 radical (unpaired) electrons. The molecule has 6 N–H and O–H groups in total. The highest BCUT2D eigenvalue weighted by atomic mass is 31.3. The zero-order valence-electron chi connectivity index (χ0n) is 23.5. The number of carbonyl (C=O) groups excluding carboxylic acids is 2. The van der Waals surface area contributed by atoms with Gasteiger partial charge in [0, 0.05) is 0 Å². The minimum Gasteiger partial charge on any atom is -0.452 e. The minimum atomic E-state index is -5.86. The molecular formula is C20H26N6O16P3. The van der Waals surface area contributed by atoms with Gasteiger partial charge in [-0.15, -0.1) is 10.3 Å². The second-order valence-electron chi connectivity index (χ2n) is 10.9. The van der Waals surface area contributed by atoms with Crippen LogP contribution in [0.3, 0.4) is 0 Å². The van der Waals surface area contributed by atoms with E-state index >= 15 is 0 Å². The SMILES string of the molecule is CC1(C)C2=C(C(=O)O[C@H]3[C@@H](OC2=O)[C@H](n2cnc4c(N)ncnc42)O[C@@H]3COP(=O)(O)OP(=O)(O)OP(=O)(O)O)C(C)(C)N1[O].